The van der Waals surface area contributed by atoms with Gasteiger partial charge in [-0.15, -0.1) is 0 Å². The molecule has 0 saturated carbocycles. The van der Waals surface area contributed by atoms with Crippen LogP contribution in [0.2, 0.25) is 10.0 Å². The number of nitrogens with zero attached hydrogens (tertiary/aromatic N) is 2. The highest BCUT2D eigenvalue weighted by Crippen LogP contribution is 2.38. The molecule has 2 aromatic rings. The maximum atomic E-state index is 13.6. The molecule has 13 heteroatoms. The lowest BCUT2D eigenvalue weighted by molar-refractivity contribution is -0.161. The number of carbonyl (C=O) groups is 3. The van der Waals surface area contributed by atoms with Crippen LogP contribution in [0.25, 0.3) is 0 Å². The molecule has 0 aliphatic carbocycles. The Labute approximate surface area is 213 Å². The lowest BCUT2D eigenvalue weighted by Gasteiger charge is -2.44. The molecule has 36 heavy (non-hydrogen) atoms. The van der Waals surface area contributed by atoms with Gasteiger partial charge in [-0.1, -0.05) is 29.3 Å². The van der Waals surface area contributed by atoms with E-state index in [-0.39, 0.29) is 34.2 Å². The number of amides is 2. The van der Waals surface area contributed by atoms with Gasteiger partial charge in [-0.2, -0.15) is 13.2 Å². The summed E-state index contributed by atoms with van der Waals surface area (Å²) in [6.45, 7) is -0.503. The van der Waals surface area contributed by atoms with Gasteiger partial charge in [0.2, 0.25) is 5.91 Å². The maximum Gasteiger partial charge on any atom is 0.415 e. The van der Waals surface area contributed by atoms with Crippen LogP contribution in [-0.4, -0.2) is 54.9 Å². The van der Waals surface area contributed by atoms with Crippen LogP contribution in [0.3, 0.4) is 0 Å². The second-order valence-electron chi connectivity index (χ2n) is 7.91. The molecule has 0 saturated heterocycles. The molecule has 6 nitrogen and oxygen atoms in total. The quantitative estimate of drug-likeness (QED) is 0.282. The van der Waals surface area contributed by atoms with Gasteiger partial charge >= 0.3 is 12.3 Å². The number of halogens is 7. The van der Waals surface area contributed by atoms with Crippen LogP contribution in [0.4, 0.5) is 26.7 Å². The molecule has 0 spiro atoms. The summed E-state index contributed by atoms with van der Waals surface area (Å²) >= 11 is 12.1. The van der Waals surface area contributed by atoms with E-state index in [2.05, 4.69) is 0 Å². The molecule has 2 amide bonds. The van der Waals surface area contributed by atoms with E-state index < -0.39 is 48.3 Å². The topological polar surface area (TPSA) is 66.9 Å². The van der Waals surface area contributed by atoms with E-state index in [4.69, 9.17) is 27.9 Å². The minimum absolute atomic E-state index is 0.0382. The van der Waals surface area contributed by atoms with Gasteiger partial charge in [0.1, 0.15) is 18.5 Å². The summed E-state index contributed by atoms with van der Waals surface area (Å²) in [5.41, 5.74) is -1.41. The number of likely N-dealkylation sites (N-methyl/N-ethyl adjacent to an activating group) is 2. The van der Waals surface area contributed by atoms with Gasteiger partial charge in [0.15, 0.2) is 11.6 Å². The highest BCUT2D eigenvalue weighted by Gasteiger charge is 2.43. The van der Waals surface area contributed by atoms with Crippen LogP contribution in [0.1, 0.15) is 24.8 Å². The fourth-order valence-corrected chi connectivity index (χ4v) is 3.83. The highest BCUT2D eigenvalue weighted by atomic mass is 35.5. The Hall–Kier alpha value is -2.92. The predicted molar refractivity (Wildman–Crippen MR) is 122 cm³/mol. The Morgan fingerprint density at radius 2 is 1.67 bits per heavy atom. The van der Waals surface area contributed by atoms with Crippen molar-refractivity contribution in [3.8, 4) is 5.75 Å². The zero-order chi connectivity index (χ0) is 27.3. The molecule has 0 N–H and O–H groups in total. The minimum atomic E-state index is -4.78. The van der Waals surface area contributed by atoms with Crippen molar-refractivity contribution in [2.24, 2.45) is 0 Å². The van der Waals surface area contributed by atoms with Crippen LogP contribution in [0, 0.1) is 11.6 Å². The second-order valence-corrected chi connectivity index (χ2v) is 8.72. The third-order valence-electron chi connectivity index (χ3n) is 5.42. The zero-order valence-corrected chi connectivity index (χ0v) is 20.6. The Bertz CT molecular complexity index is 1130. The van der Waals surface area contributed by atoms with Crippen LogP contribution >= 0.6 is 23.2 Å². The monoisotopic (exact) mass is 554 g/mol. The summed E-state index contributed by atoms with van der Waals surface area (Å²) in [6.07, 6.45) is -7.48. The van der Waals surface area contributed by atoms with Crippen LogP contribution in [-0.2, 0) is 15.1 Å². The smallest absolute Gasteiger partial charge is 0.410 e. The fourth-order valence-electron chi connectivity index (χ4n) is 3.54. The molecule has 0 aromatic heterocycles. The van der Waals surface area contributed by atoms with E-state index in [1.54, 1.807) is 0 Å². The largest absolute Gasteiger partial charge is 0.415 e. The van der Waals surface area contributed by atoms with Crippen molar-refractivity contribution in [3.05, 3.63) is 63.6 Å². The fraction of sp³-hybridized carbons (Fsp3) is 0.348. The summed E-state index contributed by atoms with van der Waals surface area (Å²) in [4.78, 5) is 38.4. The standard InChI is InChI=1S/C23H21Cl2F5N2O4/c1-31(20(34)12-23(28,29)30)13-22(8-3-9-33,14-4-6-16(24)17(25)10-14)32(2)21(35)36-15-5-7-18(26)19(27)11-15/h4-7,9-11H,3,8,12-13H2,1-2H3/t22-/m1/s1. The van der Waals surface area contributed by atoms with Crippen molar-refractivity contribution in [1.82, 2.24) is 9.80 Å². The van der Waals surface area contributed by atoms with Gasteiger partial charge in [-0.25, -0.2) is 13.6 Å². The number of rotatable bonds is 9. The van der Waals surface area contributed by atoms with E-state index in [0.29, 0.717) is 12.4 Å². The number of hydrogen-bond donors (Lipinski definition) is 0. The first-order valence-corrected chi connectivity index (χ1v) is 11.1. The number of alkyl halides is 3. The predicted octanol–water partition coefficient (Wildman–Crippen LogP) is 5.99. The van der Waals surface area contributed by atoms with Crippen molar-refractivity contribution in [2.45, 2.75) is 31.0 Å². The Kier molecular flexibility index (Phi) is 9.67. The van der Waals surface area contributed by atoms with Crippen LogP contribution in [0.5, 0.6) is 5.75 Å². The van der Waals surface area contributed by atoms with Gasteiger partial charge < -0.3 is 14.4 Å². The van der Waals surface area contributed by atoms with E-state index in [1.807, 2.05) is 0 Å². The lowest BCUT2D eigenvalue weighted by atomic mass is 9.83. The molecule has 0 aliphatic heterocycles. The highest BCUT2D eigenvalue weighted by molar-refractivity contribution is 6.42. The average Bonchev–Trinajstić information content (AvgIpc) is 2.79. The van der Waals surface area contributed by atoms with Gasteiger partial charge in [-0.3, -0.25) is 9.69 Å². The third-order valence-corrected chi connectivity index (χ3v) is 6.16. The molecule has 0 heterocycles. The van der Waals surface area contributed by atoms with Crippen molar-refractivity contribution in [2.75, 3.05) is 20.6 Å². The molecule has 196 valence electrons. The Morgan fingerprint density at radius 1 is 1.00 bits per heavy atom. The lowest BCUT2D eigenvalue weighted by Crippen LogP contribution is -2.55. The molecular weight excluding hydrogens is 534 g/mol. The summed E-state index contributed by atoms with van der Waals surface area (Å²) in [7, 11) is 2.33. The van der Waals surface area contributed by atoms with Crippen molar-refractivity contribution in [3.63, 3.8) is 0 Å². The van der Waals surface area contributed by atoms with Crippen LogP contribution in [0.15, 0.2) is 36.4 Å². The number of benzene rings is 2. The van der Waals surface area contributed by atoms with Crippen molar-refractivity contribution < 1.29 is 41.1 Å². The number of hydrogen-bond acceptors (Lipinski definition) is 4. The average molecular weight is 555 g/mol. The zero-order valence-electron chi connectivity index (χ0n) is 19.0. The number of carbonyl (C=O) groups excluding carboxylic acids is 3. The Morgan fingerprint density at radius 3 is 2.22 bits per heavy atom. The molecule has 1 atom stereocenters. The van der Waals surface area contributed by atoms with Gasteiger partial charge in [0.25, 0.3) is 0 Å². The first-order valence-electron chi connectivity index (χ1n) is 10.3. The van der Waals surface area contributed by atoms with Crippen LogP contribution < -0.4 is 4.74 Å². The Balaban J connectivity index is 2.56. The third kappa shape index (κ3) is 7.30. The normalized spacial score (nSPS) is 13.0. The molecule has 2 rings (SSSR count). The van der Waals surface area contributed by atoms with Gasteiger partial charge in [-0.05, 0) is 36.2 Å². The number of aldehydes is 1. The van der Waals surface area contributed by atoms with Gasteiger partial charge in [0.05, 0.1) is 15.6 Å². The molecule has 0 bridgehead atoms. The first kappa shape index (κ1) is 29.3. The van der Waals surface area contributed by atoms with E-state index in [9.17, 15) is 36.3 Å². The minimum Gasteiger partial charge on any atom is -0.410 e. The first-order chi connectivity index (χ1) is 16.7. The SMILES string of the molecule is CN(C[C@](CCC=O)(c1ccc(Cl)c(Cl)c1)N(C)C(=O)Oc1ccc(F)c(F)c1)C(=O)CC(F)(F)F. The summed E-state index contributed by atoms with van der Waals surface area (Å²) in [5, 5.41) is 0.175. The summed E-state index contributed by atoms with van der Waals surface area (Å²) in [5.74, 6) is -4.10. The summed E-state index contributed by atoms with van der Waals surface area (Å²) < 4.78 is 70.5. The molecule has 0 fully saturated rings. The number of ether oxygens (including phenoxy) is 1. The second kappa shape index (κ2) is 11.9. The molecular formula is C23H21Cl2F5N2O4. The maximum absolute atomic E-state index is 13.6. The summed E-state index contributed by atoms with van der Waals surface area (Å²) in [6, 6.07) is 6.52. The molecule has 0 radical (unpaired) electrons. The van der Waals surface area contributed by atoms with Crippen molar-refractivity contribution in [1.29, 1.82) is 0 Å². The molecule has 0 unspecified atom stereocenters. The molecule has 0 aliphatic rings. The van der Waals surface area contributed by atoms with Gasteiger partial charge in [0, 0.05) is 33.1 Å². The van der Waals surface area contributed by atoms with Crippen molar-refractivity contribution >= 4 is 41.5 Å². The van der Waals surface area contributed by atoms with E-state index in [1.165, 1.54) is 25.2 Å². The molecule has 2 aromatic carbocycles. The van der Waals surface area contributed by atoms with E-state index in [0.717, 1.165) is 29.0 Å². The van der Waals surface area contributed by atoms with E-state index >= 15 is 0 Å².